The molecule has 1 aromatic carbocycles. The van der Waals surface area contributed by atoms with Gasteiger partial charge in [0.15, 0.2) is 0 Å². The molecular formula is C23H38O2. The molecule has 0 unspecified atom stereocenters. The topological polar surface area (TPSA) is 29.5 Å². The van der Waals surface area contributed by atoms with Crippen molar-refractivity contribution in [2.24, 2.45) is 5.92 Å². The fourth-order valence-electron chi connectivity index (χ4n) is 3.79. The number of phenols is 1. The van der Waals surface area contributed by atoms with E-state index in [0.717, 1.165) is 24.2 Å². The normalized spacial score (nSPS) is 19.7. The number of phenolic OH excluding ortho intramolecular Hbond substituents is 1. The number of hydrogen-bond donors (Lipinski definition) is 1. The summed E-state index contributed by atoms with van der Waals surface area (Å²) in [6, 6.07) is 4.09. The third-order valence-corrected chi connectivity index (χ3v) is 5.21. The van der Waals surface area contributed by atoms with E-state index in [9.17, 15) is 5.11 Å². The SMILES string of the molecule is CC.CCCCCc1cc(O)c([C@@H]2C=C(C)CC[C@H]2CC)c(OC)c1. The summed E-state index contributed by atoms with van der Waals surface area (Å²) < 4.78 is 5.67. The highest BCUT2D eigenvalue weighted by Gasteiger charge is 2.28. The Labute approximate surface area is 155 Å². The summed E-state index contributed by atoms with van der Waals surface area (Å²) in [5, 5.41) is 10.7. The van der Waals surface area contributed by atoms with E-state index in [1.807, 2.05) is 19.9 Å². The Hall–Kier alpha value is -1.44. The molecule has 0 spiro atoms. The second-order valence-corrected chi connectivity index (χ2v) is 6.93. The van der Waals surface area contributed by atoms with Crippen LogP contribution in [-0.4, -0.2) is 12.2 Å². The second kappa shape index (κ2) is 11.2. The molecule has 25 heavy (non-hydrogen) atoms. The minimum Gasteiger partial charge on any atom is -0.507 e. The Kier molecular flexibility index (Phi) is 9.70. The first-order valence-corrected chi connectivity index (χ1v) is 10.2. The highest BCUT2D eigenvalue weighted by atomic mass is 16.5. The van der Waals surface area contributed by atoms with E-state index >= 15 is 0 Å². The van der Waals surface area contributed by atoms with Crippen molar-refractivity contribution in [2.45, 2.75) is 85.5 Å². The van der Waals surface area contributed by atoms with Gasteiger partial charge < -0.3 is 9.84 Å². The van der Waals surface area contributed by atoms with Crippen LogP contribution in [0.3, 0.4) is 0 Å². The molecule has 2 heteroatoms. The zero-order valence-corrected chi connectivity index (χ0v) is 17.2. The van der Waals surface area contributed by atoms with Crippen LogP contribution in [0.15, 0.2) is 23.8 Å². The Morgan fingerprint density at radius 2 is 1.88 bits per heavy atom. The van der Waals surface area contributed by atoms with Gasteiger partial charge in [0.1, 0.15) is 11.5 Å². The number of ether oxygens (including phenoxy) is 1. The number of methoxy groups -OCH3 is 1. The molecule has 0 amide bonds. The van der Waals surface area contributed by atoms with Gasteiger partial charge in [-0.2, -0.15) is 0 Å². The van der Waals surface area contributed by atoms with Gasteiger partial charge in [0.25, 0.3) is 0 Å². The number of allylic oxidation sites excluding steroid dienone is 2. The van der Waals surface area contributed by atoms with E-state index in [2.05, 4.69) is 32.9 Å². The van der Waals surface area contributed by atoms with Crippen LogP contribution in [0.1, 0.15) is 90.2 Å². The highest BCUT2D eigenvalue weighted by molar-refractivity contribution is 5.51. The lowest BCUT2D eigenvalue weighted by molar-refractivity contribution is 0.361. The molecule has 142 valence electrons. The van der Waals surface area contributed by atoms with E-state index < -0.39 is 0 Å². The molecule has 2 atom stereocenters. The molecule has 2 rings (SSSR count). The maximum atomic E-state index is 10.7. The molecule has 0 saturated heterocycles. The number of hydrogen-bond acceptors (Lipinski definition) is 2. The summed E-state index contributed by atoms with van der Waals surface area (Å²) in [5.41, 5.74) is 3.59. The predicted octanol–water partition coefficient (Wildman–Crippen LogP) is 7.01. The fraction of sp³-hybridized carbons (Fsp3) is 0.652. The smallest absolute Gasteiger partial charge is 0.126 e. The van der Waals surface area contributed by atoms with Crippen molar-refractivity contribution in [1.82, 2.24) is 0 Å². The zero-order valence-electron chi connectivity index (χ0n) is 17.2. The highest BCUT2D eigenvalue weighted by Crippen LogP contribution is 2.45. The third kappa shape index (κ3) is 5.80. The van der Waals surface area contributed by atoms with Crippen molar-refractivity contribution in [3.8, 4) is 11.5 Å². The fourth-order valence-corrected chi connectivity index (χ4v) is 3.79. The minimum atomic E-state index is 0.272. The van der Waals surface area contributed by atoms with Crippen LogP contribution in [0, 0.1) is 5.92 Å². The van der Waals surface area contributed by atoms with E-state index in [-0.39, 0.29) is 5.92 Å². The average Bonchev–Trinajstić information content (AvgIpc) is 2.63. The molecule has 0 radical (unpaired) electrons. The summed E-state index contributed by atoms with van der Waals surface area (Å²) in [7, 11) is 1.72. The van der Waals surface area contributed by atoms with Crippen molar-refractivity contribution in [3.05, 3.63) is 34.9 Å². The molecule has 0 bridgehead atoms. The van der Waals surface area contributed by atoms with Gasteiger partial charge in [-0.15, -0.1) is 0 Å². The van der Waals surface area contributed by atoms with Gasteiger partial charge >= 0.3 is 0 Å². The number of aromatic hydroxyl groups is 1. The van der Waals surface area contributed by atoms with Gasteiger partial charge in [-0.1, -0.05) is 58.6 Å². The average molecular weight is 347 g/mol. The summed E-state index contributed by atoms with van der Waals surface area (Å²) >= 11 is 0. The van der Waals surface area contributed by atoms with Crippen LogP contribution in [0.4, 0.5) is 0 Å². The summed E-state index contributed by atoms with van der Waals surface area (Å²) in [6.07, 6.45) is 10.5. The van der Waals surface area contributed by atoms with E-state index in [4.69, 9.17) is 4.74 Å². The molecule has 1 aromatic rings. The summed E-state index contributed by atoms with van der Waals surface area (Å²) in [6.45, 7) is 10.7. The number of rotatable bonds is 7. The summed E-state index contributed by atoms with van der Waals surface area (Å²) in [4.78, 5) is 0. The molecule has 0 aromatic heterocycles. The Balaban J connectivity index is 0.00000151. The molecule has 1 aliphatic rings. The predicted molar refractivity (Wildman–Crippen MR) is 109 cm³/mol. The van der Waals surface area contributed by atoms with Gasteiger partial charge in [0.2, 0.25) is 0 Å². The molecule has 2 nitrogen and oxygen atoms in total. The Bertz CT molecular complexity index is 545. The molecule has 0 heterocycles. The third-order valence-electron chi connectivity index (χ3n) is 5.21. The van der Waals surface area contributed by atoms with Gasteiger partial charge in [0, 0.05) is 11.5 Å². The maximum Gasteiger partial charge on any atom is 0.126 e. The van der Waals surface area contributed by atoms with Crippen molar-refractivity contribution in [1.29, 1.82) is 0 Å². The van der Waals surface area contributed by atoms with Crippen LogP contribution in [-0.2, 0) is 6.42 Å². The summed E-state index contributed by atoms with van der Waals surface area (Å²) in [5.74, 6) is 2.12. The van der Waals surface area contributed by atoms with E-state index in [1.165, 1.54) is 43.2 Å². The first kappa shape index (κ1) is 21.6. The quantitative estimate of drug-likeness (QED) is 0.425. The van der Waals surface area contributed by atoms with Crippen LogP contribution in [0.5, 0.6) is 11.5 Å². The van der Waals surface area contributed by atoms with Gasteiger partial charge in [-0.3, -0.25) is 0 Å². The lowest BCUT2D eigenvalue weighted by Gasteiger charge is -2.31. The first-order valence-electron chi connectivity index (χ1n) is 10.2. The van der Waals surface area contributed by atoms with Crippen LogP contribution in [0.2, 0.25) is 0 Å². The molecule has 0 fully saturated rings. The molecule has 0 saturated carbocycles. The van der Waals surface area contributed by atoms with Crippen molar-refractivity contribution in [2.75, 3.05) is 7.11 Å². The largest absolute Gasteiger partial charge is 0.507 e. The first-order chi connectivity index (χ1) is 12.1. The van der Waals surface area contributed by atoms with Gasteiger partial charge in [-0.05, 0) is 56.2 Å². The lowest BCUT2D eigenvalue weighted by atomic mass is 9.75. The van der Waals surface area contributed by atoms with Crippen molar-refractivity contribution < 1.29 is 9.84 Å². The van der Waals surface area contributed by atoms with Crippen molar-refractivity contribution in [3.63, 3.8) is 0 Å². The Morgan fingerprint density at radius 1 is 1.16 bits per heavy atom. The zero-order chi connectivity index (χ0) is 18.8. The van der Waals surface area contributed by atoms with Crippen LogP contribution < -0.4 is 4.74 Å². The lowest BCUT2D eigenvalue weighted by Crippen LogP contribution is -2.16. The monoisotopic (exact) mass is 346 g/mol. The molecular weight excluding hydrogens is 308 g/mol. The van der Waals surface area contributed by atoms with Crippen LogP contribution >= 0.6 is 0 Å². The molecule has 1 N–H and O–H groups in total. The van der Waals surface area contributed by atoms with Crippen LogP contribution in [0.25, 0.3) is 0 Å². The molecule has 1 aliphatic carbocycles. The second-order valence-electron chi connectivity index (χ2n) is 6.93. The maximum absolute atomic E-state index is 10.7. The Morgan fingerprint density at radius 3 is 2.48 bits per heavy atom. The standard InChI is InChI=1S/C21H32O2.C2H6/c1-5-7-8-9-16-13-19(22)21(20(14-16)23-4)18-12-15(3)10-11-17(18)6-2;1-2/h12-14,17-18,22H,5-11H2,1-4H3;1-2H3/t17-,18-;/m1./s1. The van der Waals surface area contributed by atoms with E-state index in [0.29, 0.717) is 11.7 Å². The van der Waals surface area contributed by atoms with Crippen molar-refractivity contribution >= 4 is 0 Å². The number of benzene rings is 1. The van der Waals surface area contributed by atoms with Gasteiger partial charge in [0.05, 0.1) is 7.11 Å². The molecule has 0 aliphatic heterocycles. The number of aryl methyl sites for hydroxylation is 1. The minimum absolute atomic E-state index is 0.272. The van der Waals surface area contributed by atoms with Gasteiger partial charge in [-0.25, -0.2) is 0 Å². The number of unbranched alkanes of at least 4 members (excludes halogenated alkanes) is 2. The van der Waals surface area contributed by atoms with E-state index in [1.54, 1.807) is 7.11 Å².